The second kappa shape index (κ2) is 12.4. The van der Waals surface area contributed by atoms with Gasteiger partial charge in [-0.1, -0.05) is 42.3 Å². The van der Waals surface area contributed by atoms with Crippen molar-refractivity contribution in [3.8, 4) is 0 Å². The normalized spacial score (nSPS) is 12.8. The summed E-state index contributed by atoms with van der Waals surface area (Å²) in [7, 11) is -4.19. The summed E-state index contributed by atoms with van der Waals surface area (Å²) >= 11 is 12.3. The molecule has 37 heavy (non-hydrogen) atoms. The molecule has 1 N–H and O–H groups in total. The number of hydrogen-bond donors (Lipinski definition) is 1. The van der Waals surface area contributed by atoms with Gasteiger partial charge in [0, 0.05) is 22.6 Å². The highest BCUT2D eigenvalue weighted by Crippen LogP contribution is 2.32. The van der Waals surface area contributed by atoms with Crippen molar-refractivity contribution in [2.45, 2.75) is 52.0 Å². The van der Waals surface area contributed by atoms with Gasteiger partial charge in [0.05, 0.1) is 17.5 Å². The van der Waals surface area contributed by atoms with Crippen LogP contribution in [0.3, 0.4) is 0 Å². The maximum atomic E-state index is 13.6. The number of carbonyl (C=O) groups excluding carboxylic acids is 2. The number of benzene rings is 2. The smallest absolute Gasteiger partial charge is 0.352 e. The molecule has 1 unspecified atom stereocenters. The van der Waals surface area contributed by atoms with Crippen LogP contribution in [0.25, 0.3) is 0 Å². The fourth-order valence-corrected chi connectivity index (χ4v) is 4.89. The lowest BCUT2D eigenvalue weighted by atomic mass is 10.1. The molecular formula is C24H28Cl2F3N3O4S. The number of halogens is 5. The van der Waals surface area contributed by atoms with Crippen molar-refractivity contribution in [1.82, 2.24) is 10.2 Å². The van der Waals surface area contributed by atoms with Crippen molar-refractivity contribution >= 4 is 50.7 Å². The molecule has 204 valence electrons. The summed E-state index contributed by atoms with van der Waals surface area (Å²) in [6, 6.07) is 6.98. The summed E-state index contributed by atoms with van der Waals surface area (Å²) in [5.74, 6) is -1.28. The molecule has 1 atom stereocenters. The molecule has 2 aromatic carbocycles. The number of rotatable bonds is 10. The van der Waals surface area contributed by atoms with E-state index in [0.717, 1.165) is 24.5 Å². The number of amides is 2. The Morgan fingerprint density at radius 3 is 2.24 bits per heavy atom. The van der Waals surface area contributed by atoms with Crippen molar-refractivity contribution in [1.29, 1.82) is 0 Å². The van der Waals surface area contributed by atoms with Crippen LogP contribution < -0.4 is 9.62 Å². The molecule has 0 spiro atoms. The number of nitrogens with one attached hydrogen (secondary N) is 1. The fourth-order valence-electron chi connectivity index (χ4n) is 3.58. The van der Waals surface area contributed by atoms with Crippen molar-refractivity contribution in [2.75, 3.05) is 17.1 Å². The molecule has 0 saturated carbocycles. The molecule has 0 heterocycles. The van der Waals surface area contributed by atoms with Gasteiger partial charge in [-0.15, -0.1) is 0 Å². The van der Waals surface area contributed by atoms with E-state index in [2.05, 4.69) is 5.32 Å². The van der Waals surface area contributed by atoms with Crippen molar-refractivity contribution in [3.05, 3.63) is 63.6 Å². The number of alkyl halides is 3. The monoisotopic (exact) mass is 581 g/mol. The van der Waals surface area contributed by atoms with Gasteiger partial charge in [-0.3, -0.25) is 13.9 Å². The molecule has 2 rings (SSSR count). The minimum Gasteiger partial charge on any atom is -0.352 e. The summed E-state index contributed by atoms with van der Waals surface area (Å²) in [6.45, 7) is 4.16. The Labute approximate surface area is 224 Å². The van der Waals surface area contributed by atoms with E-state index in [4.69, 9.17) is 23.2 Å². The molecule has 0 saturated heterocycles. The average molecular weight is 582 g/mol. The molecule has 0 aliphatic carbocycles. The summed E-state index contributed by atoms with van der Waals surface area (Å²) in [4.78, 5) is 27.7. The zero-order chi connectivity index (χ0) is 28.1. The number of carbonyl (C=O) groups is 2. The Hall–Kier alpha value is -2.50. The summed E-state index contributed by atoms with van der Waals surface area (Å²) in [5.41, 5.74) is -0.964. The molecule has 0 aliphatic heterocycles. The third-order valence-corrected chi connectivity index (χ3v) is 7.04. The van der Waals surface area contributed by atoms with Crippen LogP contribution in [0.1, 0.15) is 38.3 Å². The molecule has 0 fully saturated rings. The largest absolute Gasteiger partial charge is 0.416 e. The first-order chi connectivity index (χ1) is 17.0. The van der Waals surface area contributed by atoms with E-state index in [1.165, 1.54) is 11.0 Å². The number of anilines is 1. The minimum absolute atomic E-state index is 0.168. The lowest BCUT2D eigenvalue weighted by Crippen LogP contribution is -2.53. The fraction of sp³-hybridized carbons (Fsp3) is 0.417. The SMILES string of the molecule is CCC(C(=O)NC(C)C)N(Cc1ccc(Cl)cc1Cl)C(=O)CN(c1cccc(C(F)(F)F)c1)S(C)(=O)=O. The number of nitrogens with zero attached hydrogens (tertiary/aromatic N) is 2. The van der Waals surface area contributed by atoms with E-state index in [1.807, 2.05) is 0 Å². The van der Waals surface area contributed by atoms with E-state index in [1.54, 1.807) is 32.9 Å². The third kappa shape index (κ3) is 8.51. The Kier molecular flexibility index (Phi) is 10.3. The lowest BCUT2D eigenvalue weighted by Gasteiger charge is -2.33. The van der Waals surface area contributed by atoms with Crippen molar-refractivity contribution < 1.29 is 31.2 Å². The highest BCUT2D eigenvalue weighted by molar-refractivity contribution is 7.92. The van der Waals surface area contributed by atoms with E-state index in [9.17, 15) is 31.2 Å². The predicted molar refractivity (Wildman–Crippen MR) is 138 cm³/mol. The summed E-state index contributed by atoms with van der Waals surface area (Å²) in [6.07, 6.45) is -3.76. The summed E-state index contributed by atoms with van der Waals surface area (Å²) < 4.78 is 65.5. The van der Waals surface area contributed by atoms with Crippen molar-refractivity contribution in [2.24, 2.45) is 0 Å². The Bertz CT molecular complexity index is 1240. The van der Waals surface area contributed by atoms with Crippen LogP contribution in [0.5, 0.6) is 0 Å². The van der Waals surface area contributed by atoms with Gasteiger partial charge in [0.15, 0.2) is 0 Å². The van der Waals surface area contributed by atoms with Crippen LogP contribution in [0.15, 0.2) is 42.5 Å². The Balaban J connectivity index is 2.53. The highest BCUT2D eigenvalue weighted by Gasteiger charge is 2.34. The number of sulfonamides is 1. The molecule has 0 aromatic heterocycles. The first-order valence-electron chi connectivity index (χ1n) is 11.2. The Morgan fingerprint density at radius 1 is 1.08 bits per heavy atom. The van der Waals surface area contributed by atoms with Gasteiger partial charge in [0.1, 0.15) is 12.6 Å². The predicted octanol–water partition coefficient (Wildman–Crippen LogP) is 5.11. The van der Waals surface area contributed by atoms with Crippen LogP contribution in [0.4, 0.5) is 18.9 Å². The second-order valence-electron chi connectivity index (χ2n) is 8.66. The molecule has 0 bridgehead atoms. The molecule has 2 amide bonds. The molecule has 13 heteroatoms. The van der Waals surface area contributed by atoms with Gasteiger partial charge in [-0.2, -0.15) is 13.2 Å². The maximum absolute atomic E-state index is 13.6. The quantitative estimate of drug-likeness (QED) is 0.422. The minimum atomic E-state index is -4.72. The topological polar surface area (TPSA) is 86.8 Å². The van der Waals surface area contributed by atoms with Crippen LogP contribution in [0.2, 0.25) is 10.0 Å². The van der Waals surface area contributed by atoms with E-state index >= 15 is 0 Å². The first-order valence-corrected chi connectivity index (χ1v) is 13.8. The van der Waals surface area contributed by atoms with Gasteiger partial charge in [0.2, 0.25) is 21.8 Å². The third-order valence-electron chi connectivity index (χ3n) is 5.31. The van der Waals surface area contributed by atoms with Gasteiger partial charge in [-0.25, -0.2) is 8.42 Å². The van der Waals surface area contributed by atoms with Crippen LogP contribution in [-0.2, 0) is 32.3 Å². The van der Waals surface area contributed by atoms with Crippen LogP contribution >= 0.6 is 23.2 Å². The van der Waals surface area contributed by atoms with E-state index in [0.29, 0.717) is 21.0 Å². The molecule has 7 nitrogen and oxygen atoms in total. The van der Waals surface area contributed by atoms with E-state index < -0.39 is 46.2 Å². The van der Waals surface area contributed by atoms with Crippen LogP contribution in [0, 0.1) is 0 Å². The lowest BCUT2D eigenvalue weighted by molar-refractivity contribution is -0.140. The standard InChI is InChI=1S/C24H28Cl2F3N3O4S/c1-5-21(23(34)30-15(2)3)31(13-16-9-10-18(25)12-20(16)26)22(33)14-32(37(4,35)36)19-8-6-7-17(11-19)24(27,28)29/h6-12,15,21H,5,13-14H2,1-4H3,(H,30,34). The Morgan fingerprint density at radius 2 is 1.73 bits per heavy atom. The summed E-state index contributed by atoms with van der Waals surface area (Å²) in [5, 5.41) is 3.31. The van der Waals surface area contributed by atoms with Crippen molar-refractivity contribution in [3.63, 3.8) is 0 Å². The van der Waals surface area contributed by atoms with Gasteiger partial charge < -0.3 is 10.2 Å². The molecule has 2 aromatic rings. The average Bonchev–Trinajstić information content (AvgIpc) is 2.76. The van der Waals surface area contributed by atoms with Crippen LogP contribution in [-0.4, -0.2) is 50.0 Å². The second-order valence-corrected chi connectivity index (χ2v) is 11.4. The van der Waals surface area contributed by atoms with Gasteiger partial charge in [0.25, 0.3) is 0 Å². The molecular weight excluding hydrogens is 554 g/mol. The zero-order valence-electron chi connectivity index (χ0n) is 20.6. The highest BCUT2D eigenvalue weighted by atomic mass is 35.5. The molecule has 0 radical (unpaired) electrons. The number of hydrogen-bond acceptors (Lipinski definition) is 4. The van der Waals surface area contributed by atoms with E-state index in [-0.39, 0.29) is 29.7 Å². The zero-order valence-corrected chi connectivity index (χ0v) is 23.0. The van der Waals surface area contributed by atoms with Gasteiger partial charge in [-0.05, 0) is 56.2 Å². The first kappa shape index (κ1) is 30.7. The maximum Gasteiger partial charge on any atom is 0.416 e. The van der Waals surface area contributed by atoms with Gasteiger partial charge >= 0.3 is 6.18 Å². The molecule has 0 aliphatic rings.